The molecule has 1 aromatic rings. The first-order valence-electron chi connectivity index (χ1n) is 8.00. The van der Waals surface area contributed by atoms with E-state index in [9.17, 15) is 18.0 Å². The Labute approximate surface area is 147 Å². The number of hydrogen-bond donors (Lipinski definition) is 2. The second-order valence-corrected chi connectivity index (χ2v) is 8.35. The van der Waals surface area contributed by atoms with E-state index in [1.54, 1.807) is 6.07 Å². The minimum absolute atomic E-state index is 0.00595. The summed E-state index contributed by atoms with van der Waals surface area (Å²) in [6.07, 6.45) is 1.98. The van der Waals surface area contributed by atoms with E-state index in [4.69, 9.17) is 5.11 Å². The van der Waals surface area contributed by atoms with Gasteiger partial charge < -0.3 is 15.3 Å². The van der Waals surface area contributed by atoms with Gasteiger partial charge in [-0.25, -0.2) is 12.7 Å². The third kappa shape index (κ3) is 4.10. The maximum absolute atomic E-state index is 12.6. The summed E-state index contributed by atoms with van der Waals surface area (Å²) in [6.45, 7) is 2.90. The smallest absolute Gasteiger partial charge is 0.325 e. The summed E-state index contributed by atoms with van der Waals surface area (Å²) in [7, 11) is -0.874. The number of carboxylic acid groups (broad SMARTS) is 1. The first kappa shape index (κ1) is 19.2. The van der Waals surface area contributed by atoms with Gasteiger partial charge in [0.05, 0.1) is 10.5 Å². The predicted octanol–water partition coefficient (Wildman–Crippen LogP) is 0.740. The van der Waals surface area contributed by atoms with Gasteiger partial charge in [-0.2, -0.15) is 0 Å². The zero-order valence-electron chi connectivity index (χ0n) is 14.5. The second-order valence-electron chi connectivity index (χ2n) is 6.19. The Morgan fingerprint density at radius 1 is 1.24 bits per heavy atom. The van der Waals surface area contributed by atoms with Gasteiger partial charge in [0, 0.05) is 32.9 Å². The van der Waals surface area contributed by atoms with Gasteiger partial charge in [-0.05, 0) is 38.0 Å². The number of carbonyl (C=O) groups is 2. The standard InChI is InChI=1S/C16H23N3O5S/c1-11(16(21)22)17-15(20)13-10-12(25(23,24)18(2)3)6-7-14(13)19-8-4-5-9-19/h6-7,10-11H,4-5,8-9H2,1-3H3,(H,17,20)(H,21,22). The van der Waals surface area contributed by atoms with Crippen LogP contribution in [-0.4, -0.2) is 62.9 Å². The van der Waals surface area contributed by atoms with E-state index in [-0.39, 0.29) is 10.5 Å². The van der Waals surface area contributed by atoms with Crippen LogP contribution in [0.15, 0.2) is 23.1 Å². The predicted molar refractivity (Wildman–Crippen MR) is 93.3 cm³/mol. The molecular formula is C16H23N3O5S. The van der Waals surface area contributed by atoms with Crippen LogP contribution in [0.1, 0.15) is 30.1 Å². The monoisotopic (exact) mass is 369 g/mol. The Morgan fingerprint density at radius 2 is 1.84 bits per heavy atom. The minimum atomic E-state index is -3.70. The highest BCUT2D eigenvalue weighted by Crippen LogP contribution is 2.28. The van der Waals surface area contributed by atoms with E-state index in [0.29, 0.717) is 5.69 Å². The lowest BCUT2D eigenvalue weighted by molar-refractivity contribution is -0.138. The quantitative estimate of drug-likeness (QED) is 0.766. The van der Waals surface area contributed by atoms with Crippen molar-refractivity contribution in [3.8, 4) is 0 Å². The average Bonchev–Trinajstić information content (AvgIpc) is 3.08. The van der Waals surface area contributed by atoms with Crippen molar-refractivity contribution in [1.29, 1.82) is 0 Å². The second kappa shape index (κ2) is 7.40. The number of aliphatic carboxylic acids is 1. The fourth-order valence-electron chi connectivity index (χ4n) is 2.64. The van der Waals surface area contributed by atoms with E-state index >= 15 is 0 Å². The zero-order chi connectivity index (χ0) is 18.8. The van der Waals surface area contributed by atoms with Crippen molar-refractivity contribution in [2.45, 2.75) is 30.7 Å². The van der Waals surface area contributed by atoms with Gasteiger partial charge in [-0.3, -0.25) is 9.59 Å². The lowest BCUT2D eigenvalue weighted by atomic mass is 10.1. The fraction of sp³-hybridized carbons (Fsp3) is 0.500. The van der Waals surface area contributed by atoms with Crippen molar-refractivity contribution in [2.75, 3.05) is 32.1 Å². The SMILES string of the molecule is CC(NC(=O)c1cc(S(=O)(=O)N(C)C)ccc1N1CCCC1)C(=O)O. The summed E-state index contributed by atoms with van der Waals surface area (Å²) in [6, 6.07) is 3.32. The molecule has 8 nitrogen and oxygen atoms in total. The van der Waals surface area contributed by atoms with Gasteiger partial charge in [0.2, 0.25) is 10.0 Å². The van der Waals surface area contributed by atoms with Crippen LogP contribution in [0.2, 0.25) is 0 Å². The number of amides is 1. The highest BCUT2D eigenvalue weighted by molar-refractivity contribution is 7.89. The molecule has 1 atom stereocenters. The molecule has 1 amide bonds. The maximum Gasteiger partial charge on any atom is 0.325 e. The van der Waals surface area contributed by atoms with Crippen LogP contribution in [-0.2, 0) is 14.8 Å². The zero-order valence-corrected chi connectivity index (χ0v) is 15.3. The molecule has 1 heterocycles. The number of anilines is 1. The fourth-order valence-corrected chi connectivity index (χ4v) is 3.57. The molecular weight excluding hydrogens is 346 g/mol. The summed E-state index contributed by atoms with van der Waals surface area (Å²) in [5.41, 5.74) is 0.781. The summed E-state index contributed by atoms with van der Waals surface area (Å²) in [5, 5.41) is 11.4. The number of nitrogens with zero attached hydrogens (tertiary/aromatic N) is 2. The van der Waals surface area contributed by atoms with Gasteiger partial charge in [-0.15, -0.1) is 0 Å². The van der Waals surface area contributed by atoms with Crippen molar-refractivity contribution in [3.63, 3.8) is 0 Å². The Hall–Kier alpha value is -2.13. The van der Waals surface area contributed by atoms with E-state index in [1.807, 2.05) is 4.90 Å². The van der Waals surface area contributed by atoms with Crippen LogP contribution in [0, 0.1) is 0 Å². The summed E-state index contributed by atoms with van der Waals surface area (Å²) in [5.74, 6) is -1.76. The largest absolute Gasteiger partial charge is 0.480 e. The number of hydrogen-bond acceptors (Lipinski definition) is 5. The summed E-state index contributed by atoms with van der Waals surface area (Å²) < 4.78 is 25.8. The van der Waals surface area contributed by atoms with Gasteiger partial charge in [0.1, 0.15) is 6.04 Å². The number of carbonyl (C=O) groups excluding carboxylic acids is 1. The highest BCUT2D eigenvalue weighted by atomic mass is 32.2. The van der Waals surface area contributed by atoms with Crippen LogP contribution in [0.25, 0.3) is 0 Å². The Balaban J connectivity index is 2.47. The molecule has 1 fully saturated rings. The molecule has 0 aliphatic carbocycles. The van der Waals surface area contributed by atoms with E-state index < -0.39 is 27.9 Å². The van der Waals surface area contributed by atoms with Crippen LogP contribution in [0.4, 0.5) is 5.69 Å². The molecule has 2 N–H and O–H groups in total. The molecule has 0 spiro atoms. The average molecular weight is 369 g/mol. The normalized spacial score (nSPS) is 16.1. The molecule has 1 unspecified atom stereocenters. The van der Waals surface area contributed by atoms with E-state index in [0.717, 1.165) is 30.2 Å². The number of rotatable bonds is 6. The van der Waals surface area contributed by atoms with Crippen LogP contribution in [0.3, 0.4) is 0 Å². The summed E-state index contributed by atoms with van der Waals surface area (Å²) in [4.78, 5) is 25.6. The van der Waals surface area contributed by atoms with Gasteiger partial charge in [-0.1, -0.05) is 0 Å². The van der Waals surface area contributed by atoms with Gasteiger partial charge in [0.25, 0.3) is 5.91 Å². The molecule has 0 bridgehead atoms. The van der Waals surface area contributed by atoms with Crippen molar-refractivity contribution in [1.82, 2.24) is 9.62 Å². The topological polar surface area (TPSA) is 107 Å². The van der Waals surface area contributed by atoms with E-state index in [2.05, 4.69) is 5.32 Å². The van der Waals surface area contributed by atoms with Crippen LogP contribution >= 0.6 is 0 Å². The highest BCUT2D eigenvalue weighted by Gasteiger charge is 2.26. The van der Waals surface area contributed by atoms with Crippen LogP contribution < -0.4 is 10.2 Å². The Kier molecular flexibility index (Phi) is 5.69. The number of nitrogens with one attached hydrogen (secondary N) is 1. The van der Waals surface area contributed by atoms with Crippen LogP contribution in [0.5, 0.6) is 0 Å². The molecule has 1 saturated heterocycles. The lowest BCUT2D eigenvalue weighted by Crippen LogP contribution is -2.39. The first-order chi connectivity index (χ1) is 11.6. The number of carboxylic acids is 1. The van der Waals surface area contributed by atoms with Crippen molar-refractivity contribution in [3.05, 3.63) is 23.8 Å². The molecule has 25 heavy (non-hydrogen) atoms. The number of benzene rings is 1. The Bertz CT molecular complexity index is 770. The van der Waals surface area contributed by atoms with Gasteiger partial charge >= 0.3 is 5.97 Å². The van der Waals surface area contributed by atoms with Crippen molar-refractivity contribution in [2.24, 2.45) is 0 Å². The minimum Gasteiger partial charge on any atom is -0.480 e. The molecule has 2 rings (SSSR count). The van der Waals surface area contributed by atoms with Crippen molar-refractivity contribution < 1.29 is 23.1 Å². The first-order valence-corrected chi connectivity index (χ1v) is 9.44. The number of sulfonamides is 1. The molecule has 9 heteroatoms. The molecule has 1 aromatic carbocycles. The summed E-state index contributed by atoms with van der Waals surface area (Å²) >= 11 is 0. The molecule has 138 valence electrons. The molecule has 0 radical (unpaired) electrons. The molecule has 1 aliphatic heterocycles. The third-order valence-electron chi connectivity index (χ3n) is 4.16. The molecule has 1 aliphatic rings. The Morgan fingerprint density at radius 3 is 2.36 bits per heavy atom. The van der Waals surface area contributed by atoms with Gasteiger partial charge in [0.15, 0.2) is 0 Å². The molecule has 0 saturated carbocycles. The third-order valence-corrected chi connectivity index (χ3v) is 5.97. The molecule has 0 aromatic heterocycles. The van der Waals surface area contributed by atoms with E-state index in [1.165, 1.54) is 33.2 Å². The van der Waals surface area contributed by atoms with Crippen molar-refractivity contribution >= 4 is 27.6 Å². The lowest BCUT2D eigenvalue weighted by Gasteiger charge is -2.23. The maximum atomic E-state index is 12.6.